The Hall–Kier alpha value is -1.78. The second kappa shape index (κ2) is 8.22. The monoisotopic (exact) mass is 457 g/mol. The minimum atomic E-state index is -4.58. The minimum absolute atomic E-state index is 0.292. The predicted octanol–water partition coefficient (Wildman–Crippen LogP) is 4.23. The van der Waals surface area contributed by atoms with Crippen molar-refractivity contribution in [2.45, 2.75) is 83.6 Å². The lowest BCUT2D eigenvalue weighted by Crippen LogP contribution is -2.53. The molecule has 0 spiro atoms. The summed E-state index contributed by atoms with van der Waals surface area (Å²) in [6.45, 7) is 11.9. The van der Waals surface area contributed by atoms with Gasteiger partial charge in [0.25, 0.3) is 0 Å². The average Bonchev–Trinajstić information content (AvgIpc) is 2.86. The number of benzene rings is 1. The Morgan fingerprint density at radius 2 is 1.59 bits per heavy atom. The number of alkyl halides is 3. The van der Waals surface area contributed by atoms with Crippen LogP contribution in [0.1, 0.15) is 60.1 Å². The van der Waals surface area contributed by atoms with E-state index < -0.39 is 54.9 Å². The lowest BCUT2D eigenvalue weighted by molar-refractivity contribution is -0.242. The molecule has 2 aliphatic rings. The van der Waals surface area contributed by atoms with Crippen LogP contribution in [-0.4, -0.2) is 60.3 Å². The van der Waals surface area contributed by atoms with Gasteiger partial charge in [-0.25, -0.2) is 4.79 Å². The molecule has 2 fully saturated rings. The van der Waals surface area contributed by atoms with E-state index in [4.69, 9.17) is 18.8 Å². The van der Waals surface area contributed by atoms with Crippen molar-refractivity contribution in [1.29, 1.82) is 0 Å². The molecule has 0 unspecified atom stereocenters. The largest absolute Gasteiger partial charge is 0.494 e. The molecule has 0 aromatic heterocycles. The Morgan fingerprint density at radius 3 is 2.06 bits per heavy atom. The Kier molecular flexibility index (Phi) is 6.38. The molecule has 3 rings (SSSR count). The highest BCUT2D eigenvalue weighted by molar-refractivity contribution is 6.62. The average molecular weight is 457 g/mol. The van der Waals surface area contributed by atoms with E-state index in [1.807, 2.05) is 27.7 Å². The van der Waals surface area contributed by atoms with Crippen LogP contribution in [0, 0.1) is 0 Å². The fourth-order valence-electron chi connectivity index (χ4n) is 3.51. The van der Waals surface area contributed by atoms with Crippen LogP contribution in [0.2, 0.25) is 0 Å². The van der Waals surface area contributed by atoms with Crippen molar-refractivity contribution < 1.29 is 36.7 Å². The Balaban J connectivity index is 1.82. The fourth-order valence-corrected chi connectivity index (χ4v) is 3.51. The maximum absolute atomic E-state index is 13.3. The zero-order chi connectivity index (χ0) is 24.1. The van der Waals surface area contributed by atoms with E-state index in [1.165, 1.54) is 0 Å². The number of carbonyl (C=O) groups excluding carboxylic acids is 1. The number of rotatable bonds is 2. The van der Waals surface area contributed by atoms with Gasteiger partial charge in [0.05, 0.1) is 30.4 Å². The summed E-state index contributed by atoms with van der Waals surface area (Å²) in [6.07, 6.45) is -7.45. The minimum Gasteiger partial charge on any atom is -0.444 e. The molecule has 0 bridgehead atoms. The number of amides is 1. The molecule has 2 aliphatic heterocycles. The molecular weight excluding hydrogens is 426 g/mol. The summed E-state index contributed by atoms with van der Waals surface area (Å²) >= 11 is 0. The predicted molar refractivity (Wildman–Crippen MR) is 114 cm³/mol. The third-order valence-electron chi connectivity index (χ3n) is 6.03. The molecule has 6 nitrogen and oxygen atoms in total. The van der Waals surface area contributed by atoms with Crippen LogP contribution in [0.15, 0.2) is 24.3 Å². The lowest BCUT2D eigenvalue weighted by atomic mass is 9.78. The molecule has 2 heterocycles. The summed E-state index contributed by atoms with van der Waals surface area (Å²) in [6, 6.07) is 6.37. The van der Waals surface area contributed by atoms with Gasteiger partial charge in [-0.05, 0) is 59.5 Å². The zero-order valence-electron chi connectivity index (χ0n) is 19.6. The van der Waals surface area contributed by atoms with Gasteiger partial charge < -0.3 is 18.8 Å². The standard InChI is InChI=1S/C22H31BF3NO5/c1-19(2,3)30-18(28)27-12-17(22(24,25)26)29-13-16(27)14-8-10-15(11-9-14)23-31-20(4,5)21(6,7)32-23/h8-11,16-17H,12-13H2,1-7H3/t16-,17+/m0/s1. The Morgan fingerprint density at radius 1 is 1.06 bits per heavy atom. The van der Waals surface area contributed by atoms with Gasteiger partial charge in [0.15, 0.2) is 6.10 Å². The van der Waals surface area contributed by atoms with E-state index in [1.54, 1.807) is 45.0 Å². The molecule has 1 aromatic carbocycles. The highest BCUT2D eigenvalue weighted by atomic mass is 19.4. The van der Waals surface area contributed by atoms with Crippen LogP contribution in [0.25, 0.3) is 0 Å². The van der Waals surface area contributed by atoms with Gasteiger partial charge in [0.2, 0.25) is 0 Å². The van der Waals surface area contributed by atoms with Crippen molar-refractivity contribution in [3.8, 4) is 0 Å². The Bertz CT molecular complexity index is 819. The number of carbonyl (C=O) groups is 1. The molecule has 2 saturated heterocycles. The number of nitrogens with zero attached hydrogens (tertiary/aromatic N) is 1. The van der Waals surface area contributed by atoms with Crippen molar-refractivity contribution in [3.05, 3.63) is 29.8 Å². The first-order chi connectivity index (χ1) is 14.5. The van der Waals surface area contributed by atoms with Crippen molar-refractivity contribution >= 4 is 18.7 Å². The van der Waals surface area contributed by atoms with E-state index in [9.17, 15) is 18.0 Å². The highest BCUT2D eigenvalue weighted by Crippen LogP contribution is 2.37. The zero-order valence-corrected chi connectivity index (χ0v) is 19.6. The highest BCUT2D eigenvalue weighted by Gasteiger charge is 2.52. The number of morpholine rings is 1. The van der Waals surface area contributed by atoms with Gasteiger partial charge in [-0.1, -0.05) is 24.3 Å². The molecule has 0 radical (unpaired) electrons. The topological polar surface area (TPSA) is 57.2 Å². The Labute approximate surface area is 187 Å². The molecule has 0 saturated carbocycles. The molecule has 2 atom stereocenters. The van der Waals surface area contributed by atoms with Crippen LogP contribution >= 0.6 is 0 Å². The van der Waals surface area contributed by atoms with E-state index in [2.05, 4.69) is 0 Å². The van der Waals surface area contributed by atoms with Crippen molar-refractivity contribution in [3.63, 3.8) is 0 Å². The van der Waals surface area contributed by atoms with Crippen molar-refractivity contribution in [1.82, 2.24) is 4.90 Å². The second-order valence-corrected chi connectivity index (χ2v) is 10.3. The van der Waals surface area contributed by atoms with Crippen molar-refractivity contribution in [2.75, 3.05) is 13.2 Å². The van der Waals surface area contributed by atoms with Crippen LogP contribution < -0.4 is 5.46 Å². The van der Waals surface area contributed by atoms with E-state index in [0.29, 0.717) is 5.56 Å². The smallest absolute Gasteiger partial charge is 0.444 e. The normalized spacial score (nSPS) is 25.7. The third-order valence-corrected chi connectivity index (χ3v) is 6.03. The summed E-state index contributed by atoms with van der Waals surface area (Å²) in [5.41, 5.74) is -0.409. The van der Waals surface area contributed by atoms with E-state index in [-0.39, 0.29) is 6.61 Å². The number of hydrogen-bond acceptors (Lipinski definition) is 5. The van der Waals surface area contributed by atoms with Gasteiger partial charge in [-0.15, -0.1) is 0 Å². The quantitative estimate of drug-likeness (QED) is 0.623. The molecular formula is C22H31BF3NO5. The third kappa shape index (κ3) is 5.23. The summed E-state index contributed by atoms with van der Waals surface area (Å²) < 4.78 is 62.3. The molecule has 178 valence electrons. The second-order valence-electron chi connectivity index (χ2n) is 10.3. The summed E-state index contributed by atoms with van der Waals surface area (Å²) in [5, 5.41) is 0. The van der Waals surface area contributed by atoms with Gasteiger partial charge in [-0.3, -0.25) is 4.90 Å². The van der Waals surface area contributed by atoms with E-state index >= 15 is 0 Å². The lowest BCUT2D eigenvalue weighted by Gasteiger charge is -2.40. The summed E-state index contributed by atoms with van der Waals surface area (Å²) in [7, 11) is -0.562. The first kappa shape index (κ1) is 24.9. The number of ether oxygens (including phenoxy) is 2. The molecule has 1 aromatic rings. The molecule has 32 heavy (non-hydrogen) atoms. The van der Waals surface area contributed by atoms with E-state index in [0.717, 1.165) is 10.4 Å². The van der Waals surface area contributed by atoms with Gasteiger partial charge in [-0.2, -0.15) is 13.2 Å². The summed E-state index contributed by atoms with van der Waals surface area (Å²) in [4.78, 5) is 13.8. The first-order valence-corrected chi connectivity index (χ1v) is 10.6. The molecule has 0 N–H and O–H groups in total. The van der Waals surface area contributed by atoms with Gasteiger partial charge in [0, 0.05) is 0 Å². The van der Waals surface area contributed by atoms with Crippen LogP contribution in [0.4, 0.5) is 18.0 Å². The van der Waals surface area contributed by atoms with Gasteiger partial charge in [0.1, 0.15) is 5.60 Å². The maximum Gasteiger partial charge on any atom is 0.494 e. The summed E-state index contributed by atoms with van der Waals surface area (Å²) in [5.74, 6) is 0. The molecule has 0 aliphatic carbocycles. The van der Waals surface area contributed by atoms with Crippen molar-refractivity contribution in [2.24, 2.45) is 0 Å². The fraction of sp³-hybridized carbons (Fsp3) is 0.682. The van der Waals surface area contributed by atoms with Gasteiger partial charge >= 0.3 is 19.4 Å². The van der Waals surface area contributed by atoms with Crippen LogP contribution in [-0.2, 0) is 18.8 Å². The molecule has 10 heteroatoms. The van der Waals surface area contributed by atoms with Crippen LogP contribution in [0.5, 0.6) is 0 Å². The first-order valence-electron chi connectivity index (χ1n) is 10.6. The number of halogens is 3. The van der Waals surface area contributed by atoms with Crippen LogP contribution in [0.3, 0.4) is 0 Å². The molecule has 1 amide bonds. The maximum atomic E-state index is 13.3. The number of hydrogen-bond donors (Lipinski definition) is 0. The SMILES string of the molecule is CC(C)(C)OC(=O)N1C[C@H](C(F)(F)F)OC[C@H]1c1ccc(B2OC(C)(C)C(C)(C)O2)cc1.